The van der Waals surface area contributed by atoms with Gasteiger partial charge in [0, 0.05) is 0 Å². The maximum absolute atomic E-state index is 2.55. The van der Waals surface area contributed by atoms with Crippen molar-refractivity contribution in [3.63, 3.8) is 0 Å². The number of hydrogen-bond donors (Lipinski definition) is 0. The first kappa shape index (κ1) is 15.5. The minimum atomic E-state index is -0.992. The molecular formula is C21H19HfP. The molecule has 0 aromatic heterocycles. The predicted octanol–water partition coefficient (Wildman–Crippen LogP) is 5.10. The van der Waals surface area contributed by atoms with Gasteiger partial charge in [-0.15, -0.1) is 0 Å². The summed E-state index contributed by atoms with van der Waals surface area (Å²) in [7, 11) is 0.852. The molecule has 2 unspecified atom stereocenters. The predicted molar refractivity (Wildman–Crippen MR) is 98.1 cm³/mol. The first-order valence-corrected chi connectivity index (χ1v) is 12.6. The zero-order valence-electron chi connectivity index (χ0n) is 13.2. The van der Waals surface area contributed by atoms with E-state index in [4.69, 9.17) is 0 Å². The van der Waals surface area contributed by atoms with E-state index >= 15 is 0 Å². The SMILES string of the molecule is Cc1ccccc1P[C]1([Hf][C]2=CC=CC2)C=Cc2ccccc21. The second-order valence-electron chi connectivity index (χ2n) is 6.12. The van der Waals surface area contributed by atoms with Gasteiger partial charge in [0.25, 0.3) is 0 Å². The molecule has 23 heavy (non-hydrogen) atoms. The van der Waals surface area contributed by atoms with E-state index in [1.807, 2.05) is 0 Å². The van der Waals surface area contributed by atoms with Crippen LogP contribution in [0, 0.1) is 6.92 Å². The van der Waals surface area contributed by atoms with Crippen molar-refractivity contribution in [2.45, 2.75) is 16.3 Å². The van der Waals surface area contributed by atoms with Crippen molar-refractivity contribution in [3.8, 4) is 0 Å². The van der Waals surface area contributed by atoms with Crippen LogP contribution < -0.4 is 5.30 Å². The standard InChI is InChI=1S/C16H14P.C5H5.Hf/c1-12-6-2-5-9-15(12)17-16-11-10-13-7-3-4-8-14(13)16;1-2-4-5-3-1;/h2-11,17H,1H3;1-3H,4H2;. The molecule has 0 heterocycles. The van der Waals surface area contributed by atoms with Crippen molar-refractivity contribution in [1.82, 2.24) is 0 Å². The zero-order chi connectivity index (χ0) is 15.7. The molecule has 2 atom stereocenters. The molecule has 2 aromatic carbocycles. The molecule has 2 aromatic rings. The molecule has 2 aliphatic rings. The van der Waals surface area contributed by atoms with Gasteiger partial charge in [0.15, 0.2) is 0 Å². The fraction of sp³-hybridized carbons (Fsp3) is 0.143. The maximum atomic E-state index is 2.55. The summed E-state index contributed by atoms with van der Waals surface area (Å²) < 4.78 is 2.06. The molecule has 0 radical (unpaired) electrons. The molecular weight excluding hydrogens is 462 g/mol. The molecule has 0 amide bonds. The van der Waals surface area contributed by atoms with Crippen molar-refractivity contribution < 1.29 is 22.9 Å². The van der Waals surface area contributed by atoms with Crippen molar-refractivity contribution in [3.05, 3.63) is 92.9 Å². The molecule has 0 N–H and O–H groups in total. The number of fused-ring (bicyclic) bond motifs is 1. The Kier molecular flexibility index (Phi) is 4.35. The summed E-state index contributed by atoms with van der Waals surface area (Å²) in [5.74, 6) is 0. The third kappa shape index (κ3) is 3.02. The Bertz CT molecular complexity index is 831. The van der Waals surface area contributed by atoms with Crippen LogP contribution in [-0.2, 0) is 25.8 Å². The fourth-order valence-corrected chi connectivity index (χ4v) is 13.3. The summed E-state index contributed by atoms with van der Waals surface area (Å²) in [6.07, 6.45) is 13.1. The van der Waals surface area contributed by atoms with Crippen molar-refractivity contribution in [2.24, 2.45) is 0 Å². The molecule has 0 spiro atoms. The Morgan fingerprint density at radius 3 is 2.70 bits per heavy atom. The molecule has 4 rings (SSSR count). The Hall–Kier alpha value is -1.04. The number of hydrogen-bond acceptors (Lipinski definition) is 0. The molecule has 0 nitrogen and oxygen atoms in total. The van der Waals surface area contributed by atoms with E-state index in [1.165, 1.54) is 22.9 Å². The van der Waals surface area contributed by atoms with E-state index in [1.54, 1.807) is 8.89 Å². The van der Waals surface area contributed by atoms with Crippen LogP contribution in [0.25, 0.3) is 6.08 Å². The van der Waals surface area contributed by atoms with Gasteiger partial charge in [0.05, 0.1) is 0 Å². The number of allylic oxidation sites excluding steroid dienone is 5. The molecule has 0 bridgehead atoms. The Morgan fingerprint density at radius 2 is 1.87 bits per heavy atom. The van der Waals surface area contributed by atoms with E-state index < -0.39 is 22.9 Å². The van der Waals surface area contributed by atoms with Gasteiger partial charge in [-0.2, -0.15) is 0 Å². The van der Waals surface area contributed by atoms with Crippen molar-refractivity contribution >= 4 is 20.0 Å². The third-order valence-electron chi connectivity index (χ3n) is 4.50. The van der Waals surface area contributed by atoms with Gasteiger partial charge in [-0.3, -0.25) is 0 Å². The molecule has 2 aliphatic carbocycles. The van der Waals surface area contributed by atoms with Crippen LogP contribution in [0.1, 0.15) is 23.1 Å². The normalized spacial score (nSPS) is 21.9. The molecule has 0 saturated heterocycles. The topological polar surface area (TPSA) is 0 Å². The average Bonchev–Trinajstić information content (AvgIpc) is 3.19. The summed E-state index contributed by atoms with van der Waals surface area (Å²) in [5.41, 5.74) is 4.45. The summed E-state index contributed by atoms with van der Waals surface area (Å²) in [6.45, 7) is 2.25. The van der Waals surface area contributed by atoms with Gasteiger partial charge in [-0.1, -0.05) is 0 Å². The summed E-state index contributed by atoms with van der Waals surface area (Å²) >= 11 is -0.992. The van der Waals surface area contributed by atoms with Crippen LogP contribution in [0.3, 0.4) is 0 Å². The van der Waals surface area contributed by atoms with E-state index in [0.29, 0.717) is 2.91 Å². The average molecular weight is 481 g/mol. The van der Waals surface area contributed by atoms with Crippen LogP contribution >= 0.6 is 8.58 Å². The van der Waals surface area contributed by atoms with Crippen LogP contribution in [-0.4, -0.2) is 0 Å². The third-order valence-corrected chi connectivity index (χ3v) is 14.0. The number of rotatable bonds is 4. The summed E-state index contributed by atoms with van der Waals surface area (Å²) in [5, 5.41) is 1.54. The van der Waals surface area contributed by atoms with E-state index in [2.05, 4.69) is 85.8 Å². The Balaban J connectivity index is 1.76. The monoisotopic (exact) mass is 482 g/mol. The van der Waals surface area contributed by atoms with Gasteiger partial charge in [-0.05, 0) is 0 Å². The molecule has 0 fully saturated rings. The second kappa shape index (κ2) is 6.46. The van der Waals surface area contributed by atoms with Gasteiger partial charge in [0.1, 0.15) is 0 Å². The van der Waals surface area contributed by atoms with Crippen LogP contribution in [0.4, 0.5) is 0 Å². The van der Waals surface area contributed by atoms with Gasteiger partial charge < -0.3 is 0 Å². The van der Waals surface area contributed by atoms with Gasteiger partial charge >= 0.3 is 152 Å². The van der Waals surface area contributed by atoms with E-state index in [9.17, 15) is 0 Å². The number of benzene rings is 2. The van der Waals surface area contributed by atoms with E-state index in [0.717, 1.165) is 8.58 Å². The van der Waals surface area contributed by atoms with Gasteiger partial charge in [0.2, 0.25) is 0 Å². The molecule has 0 saturated carbocycles. The van der Waals surface area contributed by atoms with Crippen LogP contribution in [0.5, 0.6) is 0 Å². The van der Waals surface area contributed by atoms with Crippen LogP contribution in [0.15, 0.2) is 76.2 Å². The molecule has 2 heteroatoms. The first-order valence-electron chi connectivity index (χ1n) is 8.03. The van der Waals surface area contributed by atoms with Crippen LogP contribution in [0.2, 0.25) is 0 Å². The number of aryl methyl sites for hydroxylation is 1. The second-order valence-corrected chi connectivity index (χ2v) is 15.5. The quantitative estimate of drug-likeness (QED) is 0.422. The summed E-state index contributed by atoms with van der Waals surface area (Å²) in [4.78, 5) is 0. The Morgan fingerprint density at radius 1 is 1.04 bits per heavy atom. The minimum absolute atomic E-state index is 0.320. The van der Waals surface area contributed by atoms with Gasteiger partial charge in [-0.25, -0.2) is 0 Å². The molecule has 112 valence electrons. The van der Waals surface area contributed by atoms with E-state index in [-0.39, 0.29) is 0 Å². The van der Waals surface area contributed by atoms with Crippen molar-refractivity contribution in [1.29, 1.82) is 0 Å². The summed E-state index contributed by atoms with van der Waals surface area (Å²) in [6, 6.07) is 18.0. The Labute approximate surface area is 151 Å². The fourth-order valence-electron chi connectivity index (χ4n) is 3.27. The van der Waals surface area contributed by atoms with Crippen molar-refractivity contribution in [2.75, 3.05) is 0 Å². The zero-order valence-corrected chi connectivity index (χ0v) is 17.8. The first-order chi connectivity index (χ1) is 11.3. The molecule has 0 aliphatic heterocycles.